The van der Waals surface area contributed by atoms with E-state index < -0.39 is 0 Å². The summed E-state index contributed by atoms with van der Waals surface area (Å²) in [4.78, 5) is 2.54. The molecule has 2 heterocycles. The monoisotopic (exact) mass is 523 g/mol. The molecule has 0 unspecified atom stereocenters. The van der Waals surface area contributed by atoms with Crippen molar-refractivity contribution in [3.8, 4) is 33.4 Å². The molecule has 2 aliphatic rings. The van der Waals surface area contributed by atoms with Gasteiger partial charge in [-0.15, -0.1) is 0 Å². The van der Waals surface area contributed by atoms with Crippen LogP contribution in [-0.4, -0.2) is 6.71 Å². The molecular formula is C39H30BN. The lowest BCUT2D eigenvalue weighted by molar-refractivity contribution is 1.24. The van der Waals surface area contributed by atoms with Crippen molar-refractivity contribution in [2.24, 2.45) is 0 Å². The van der Waals surface area contributed by atoms with E-state index in [-0.39, 0.29) is 6.71 Å². The molecule has 0 aliphatic carbocycles. The standard InChI is InChI=1S/C39H30BN/c1-25-11-7-8-18-35(25)41-36-24-31(30-21-19-29(20-22-30)28-14-5-4-6-15-28)23-33-32-16-9-12-26(2)37(32)40(38(33)36)34-17-10-13-27(3)39(34)41/h4-24H,1-3H3. The molecule has 1 nitrogen and oxygen atoms in total. The number of aryl methyl sites for hydroxylation is 3. The number of para-hydroxylation sites is 2. The molecule has 2 aliphatic heterocycles. The van der Waals surface area contributed by atoms with Crippen LogP contribution in [0.2, 0.25) is 0 Å². The normalized spacial score (nSPS) is 12.7. The van der Waals surface area contributed by atoms with E-state index in [0.29, 0.717) is 0 Å². The minimum atomic E-state index is 0.237. The number of anilines is 3. The molecule has 41 heavy (non-hydrogen) atoms. The lowest BCUT2D eigenvalue weighted by atomic mass is 9.36. The van der Waals surface area contributed by atoms with Crippen LogP contribution >= 0.6 is 0 Å². The zero-order chi connectivity index (χ0) is 27.7. The van der Waals surface area contributed by atoms with Gasteiger partial charge < -0.3 is 4.90 Å². The maximum atomic E-state index is 2.54. The van der Waals surface area contributed by atoms with Gasteiger partial charge in [-0.2, -0.15) is 0 Å². The summed E-state index contributed by atoms with van der Waals surface area (Å²) in [6.45, 7) is 7.00. The van der Waals surface area contributed by atoms with Crippen LogP contribution in [0.25, 0.3) is 33.4 Å². The Bertz CT molecular complexity index is 1970. The van der Waals surface area contributed by atoms with Crippen LogP contribution in [0.1, 0.15) is 16.7 Å². The number of benzene rings is 6. The van der Waals surface area contributed by atoms with Crippen molar-refractivity contribution in [1.82, 2.24) is 0 Å². The maximum Gasteiger partial charge on any atom is 0.248 e. The first kappa shape index (κ1) is 24.0. The van der Waals surface area contributed by atoms with Gasteiger partial charge in [0.1, 0.15) is 0 Å². The minimum Gasteiger partial charge on any atom is -0.311 e. The minimum absolute atomic E-state index is 0.237. The second-order valence-corrected chi connectivity index (χ2v) is 11.5. The van der Waals surface area contributed by atoms with Crippen LogP contribution < -0.4 is 21.3 Å². The summed E-state index contributed by atoms with van der Waals surface area (Å²) in [6.07, 6.45) is 0. The summed E-state index contributed by atoms with van der Waals surface area (Å²) in [5.41, 5.74) is 19.8. The summed E-state index contributed by atoms with van der Waals surface area (Å²) in [5.74, 6) is 0. The Balaban J connectivity index is 1.41. The predicted molar refractivity (Wildman–Crippen MR) is 176 cm³/mol. The van der Waals surface area contributed by atoms with Gasteiger partial charge in [-0.05, 0) is 94.4 Å². The van der Waals surface area contributed by atoms with E-state index in [1.54, 1.807) is 0 Å². The highest BCUT2D eigenvalue weighted by atomic mass is 15.2. The molecule has 0 saturated heterocycles. The zero-order valence-electron chi connectivity index (χ0n) is 23.6. The lowest BCUT2D eigenvalue weighted by Gasteiger charge is -2.38. The summed E-state index contributed by atoms with van der Waals surface area (Å²) in [6, 6.07) is 47.0. The maximum absolute atomic E-state index is 2.54. The molecular weight excluding hydrogens is 493 g/mol. The van der Waals surface area contributed by atoms with Gasteiger partial charge in [0.15, 0.2) is 0 Å². The van der Waals surface area contributed by atoms with Crippen LogP contribution in [-0.2, 0) is 0 Å². The summed E-state index contributed by atoms with van der Waals surface area (Å²) in [7, 11) is 0. The van der Waals surface area contributed by atoms with Crippen LogP contribution in [0.4, 0.5) is 17.1 Å². The Morgan fingerprint density at radius 3 is 1.85 bits per heavy atom. The van der Waals surface area contributed by atoms with Crippen molar-refractivity contribution in [3.05, 3.63) is 144 Å². The Kier molecular flexibility index (Phi) is 5.34. The third-order valence-electron chi connectivity index (χ3n) is 9.08. The molecule has 0 bridgehead atoms. The Hall–Kier alpha value is -4.82. The highest BCUT2D eigenvalue weighted by molar-refractivity contribution is 7.01. The molecule has 0 atom stereocenters. The highest BCUT2D eigenvalue weighted by Crippen LogP contribution is 2.45. The zero-order valence-corrected chi connectivity index (χ0v) is 23.6. The first-order valence-corrected chi connectivity index (χ1v) is 14.5. The van der Waals surface area contributed by atoms with E-state index in [9.17, 15) is 0 Å². The second-order valence-electron chi connectivity index (χ2n) is 11.5. The summed E-state index contributed by atoms with van der Waals surface area (Å²) < 4.78 is 0. The van der Waals surface area contributed by atoms with Gasteiger partial charge in [0.2, 0.25) is 6.71 Å². The molecule has 0 radical (unpaired) electrons. The van der Waals surface area contributed by atoms with E-state index in [1.165, 1.54) is 83.5 Å². The number of hydrogen-bond acceptors (Lipinski definition) is 1. The Morgan fingerprint density at radius 1 is 0.439 bits per heavy atom. The van der Waals surface area contributed by atoms with E-state index in [2.05, 4.69) is 153 Å². The molecule has 8 rings (SSSR count). The van der Waals surface area contributed by atoms with Crippen LogP contribution in [0.3, 0.4) is 0 Å². The molecule has 0 fully saturated rings. The van der Waals surface area contributed by atoms with Crippen molar-refractivity contribution in [3.63, 3.8) is 0 Å². The number of rotatable bonds is 3. The third kappa shape index (κ3) is 3.57. The van der Waals surface area contributed by atoms with Gasteiger partial charge in [0.25, 0.3) is 0 Å². The molecule has 0 amide bonds. The van der Waals surface area contributed by atoms with E-state index >= 15 is 0 Å². The number of hydrogen-bond donors (Lipinski definition) is 0. The van der Waals surface area contributed by atoms with Crippen molar-refractivity contribution < 1.29 is 0 Å². The van der Waals surface area contributed by atoms with Crippen LogP contribution in [0.15, 0.2) is 127 Å². The van der Waals surface area contributed by atoms with Crippen molar-refractivity contribution in [2.45, 2.75) is 20.8 Å². The first-order chi connectivity index (χ1) is 20.1. The molecule has 6 aromatic carbocycles. The Labute approximate surface area is 242 Å². The fraction of sp³-hybridized carbons (Fsp3) is 0.0769. The second kappa shape index (κ2) is 9.11. The van der Waals surface area contributed by atoms with Gasteiger partial charge in [-0.1, -0.05) is 120 Å². The summed E-state index contributed by atoms with van der Waals surface area (Å²) in [5, 5.41) is 0. The number of nitrogens with zero attached hydrogens (tertiary/aromatic N) is 1. The quantitative estimate of drug-likeness (QED) is 0.211. The fourth-order valence-electron chi connectivity index (χ4n) is 7.16. The van der Waals surface area contributed by atoms with E-state index in [0.717, 1.165) is 0 Å². The molecule has 2 heteroatoms. The van der Waals surface area contributed by atoms with Crippen molar-refractivity contribution in [2.75, 3.05) is 4.90 Å². The SMILES string of the molecule is Cc1ccccc1N1c2cc(-c3ccc(-c4ccccc4)cc3)cc3c2B(c2cccc(C)c21)c1c(C)cccc1-3. The molecule has 0 N–H and O–H groups in total. The smallest absolute Gasteiger partial charge is 0.248 e. The molecule has 0 spiro atoms. The van der Waals surface area contributed by atoms with Crippen molar-refractivity contribution >= 4 is 40.2 Å². The van der Waals surface area contributed by atoms with Crippen LogP contribution in [0.5, 0.6) is 0 Å². The van der Waals surface area contributed by atoms with Crippen molar-refractivity contribution in [1.29, 1.82) is 0 Å². The van der Waals surface area contributed by atoms with Gasteiger partial charge >= 0.3 is 0 Å². The highest BCUT2D eigenvalue weighted by Gasteiger charge is 2.44. The van der Waals surface area contributed by atoms with Crippen LogP contribution in [0, 0.1) is 20.8 Å². The lowest BCUT2D eigenvalue weighted by Crippen LogP contribution is -2.55. The molecule has 194 valence electrons. The van der Waals surface area contributed by atoms with E-state index in [4.69, 9.17) is 0 Å². The third-order valence-corrected chi connectivity index (χ3v) is 9.08. The van der Waals surface area contributed by atoms with Gasteiger partial charge in [0, 0.05) is 17.1 Å². The van der Waals surface area contributed by atoms with E-state index in [1.807, 2.05) is 0 Å². The predicted octanol–water partition coefficient (Wildman–Crippen LogP) is 8.23. The molecule has 0 aromatic heterocycles. The Morgan fingerprint density at radius 2 is 1.07 bits per heavy atom. The average molecular weight is 523 g/mol. The fourth-order valence-corrected chi connectivity index (χ4v) is 7.16. The molecule has 6 aromatic rings. The topological polar surface area (TPSA) is 3.24 Å². The number of fused-ring (bicyclic) bond motifs is 5. The van der Waals surface area contributed by atoms with Gasteiger partial charge in [-0.25, -0.2) is 0 Å². The molecule has 0 saturated carbocycles. The largest absolute Gasteiger partial charge is 0.311 e. The summed E-state index contributed by atoms with van der Waals surface area (Å²) >= 11 is 0. The average Bonchev–Trinajstić information content (AvgIpc) is 3.35. The first-order valence-electron chi connectivity index (χ1n) is 14.5. The van der Waals surface area contributed by atoms with Gasteiger partial charge in [-0.3, -0.25) is 0 Å². The van der Waals surface area contributed by atoms with Gasteiger partial charge in [0.05, 0.1) is 0 Å².